The standard InChI is InChI=1S/C24H20N4O4S2/c1-14(22(29)28-23-25-17(13-33-23)15-6-3-7-16(12-15)30-2)34-24-26-20(18-8-4-10-31-18)21(27-24)19-9-5-11-32-19/h3-14H,1-2H3,(H,26,27)(H,25,28,29). The first kappa shape index (κ1) is 22.1. The number of nitrogens with one attached hydrogen (secondary N) is 2. The minimum atomic E-state index is -0.427. The Morgan fingerprint density at radius 1 is 1.12 bits per heavy atom. The number of methoxy groups -OCH3 is 1. The third-order valence-electron chi connectivity index (χ3n) is 4.96. The van der Waals surface area contributed by atoms with Crippen molar-refractivity contribution in [2.45, 2.75) is 17.3 Å². The number of imidazole rings is 1. The summed E-state index contributed by atoms with van der Waals surface area (Å²) in [5, 5.41) is 5.48. The van der Waals surface area contributed by atoms with E-state index in [9.17, 15) is 4.79 Å². The first-order valence-electron chi connectivity index (χ1n) is 10.4. The van der Waals surface area contributed by atoms with E-state index in [0.29, 0.717) is 33.2 Å². The predicted octanol–water partition coefficient (Wildman–Crippen LogP) is 6.18. The summed E-state index contributed by atoms with van der Waals surface area (Å²) in [5.41, 5.74) is 3.01. The molecular weight excluding hydrogens is 472 g/mol. The number of thioether (sulfide) groups is 1. The Morgan fingerprint density at radius 3 is 2.65 bits per heavy atom. The average Bonchev–Trinajstić information content (AvgIpc) is 3.65. The number of carbonyl (C=O) groups is 1. The molecule has 4 aromatic heterocycles. The first-order valence-corrected chi connectivity index (χ1v) is 12.1. The monoisotopic (exact) mass is 492 g/mol. The lowest BCUT2D eigenvalue weighted by atomic mass is 10.2. The van der Waals surface area contributed by atoms with Gasteiger partial charge in [0.1, 0.15) is 17.1 Å². The SMILES string of the molecule is COc1cccc(-c2csc(NC(=O)C(C)Sc3nc(-c4ccco4)c(-c4ccco4)[nH]3)n2)c1. The van der Waals surface area contributed by atoms with Gasteiger partial charge in [-0.25, -0.2) is 9.97 Å². The molecule has 5 aromatic rings. The van der Waals surface area contributed by atoms with Gasteiger partial charge in [-0.1, -0.05) is 23.9 Å². The largest absolute Gasteiger partial charge is 0.497 e. The molecule has 1 atom stereocenters. The molecule has 5 rings (SSSR count). The number of furan rings is 2. The van der Waals surface area contributed by atoms with E-state index >= 15 is 0 Å². The van der Waals surface area contributed by atoms with Crippen molar-refractivity contribution in [3.8, 4) is 39.9 Å². The normalized spacial score (nSPS) is 11.9. The van der Waals surface area contributed by atoms with Gasteiger partial charge in [0.2, 0.25) is 5.91 Å². The lowest BCUT2D eigenvalue weighted by Gasteiger charge is -2.08. The van der Waals surface area contributed by atoms with Crippen molar-refractivity contribution in [1.29, 1.82) is 0 Å². The Labute approximate surface area is 203 Å². The van der Waals surface area contributed by atoms with Crippen LogP contribution < -0.4 is 10.1 Å². The molecule has 1 amide bonds. The number of H-pyrrole nitrogens is 1. The summed E-state index contributed by atoms with van der Waals surface area (Å²) in [4.78, 5) is 25.3. The van der Waals surface area contributed by atoms with E-state index in [1.54, 1.807) is 31.8 Å². The lowest BCUT2D eigenvalue weighted by Crippen LogP contribution is -2.22. The van der Waals surface area contributed by atoms with E-state index in [1.807, 2.05) is 48.7 Å². The number of hydrogen-bond donors (Lipinski definition) is 2. The highest BCUT2D eigenvalue weighted by Crippen LogP contribution is 2.34. The van der Waals surface area contributed by atoms with Gasteiger partial charge in [0.25, 0.3) is 0 Å². The number of nitrogens with zero attached hydrogens (tertiary/aromatic N) is 2. The fourth-order valence-corrected chi connectivity index (χ4v) is 4.80. The van der Waals surface area contributed by atoms with Gasteiger partial charge in [0, 0.05) is 10.9 Å². The molecule has 0 aliphatic heterocycles. The molecule has 0 saturated carbocycles. The van der Waals surface area contributed by atoms with Crippen molar-refractivity contribution in [2.75, 3.05) is 12.4 Å². The zero-order valence-corrected chi connectivity index (χ0v) is 19.9. The smallest absolute Gasteiger partial charge is 0.239 e. The van der Waals surface area contributed by atoms with Crippen molar-refractivity contribution < 1.29 is 18.4 Å². The molecule has 0 saturated heterocycles. The summed E-state index contributed by atoms with van der Waals surface area (Å²) in [6, 6.07) is 14.9. The highest BCUT2D eigenvalue weighted by molar-refractivity contribution is 8.00. The number of amides is 1. The second-order valence-electron chi connectivity index (χ2n) is 7.24. The summed E-state index contributed by atoms with van der Waals surface area (Å²) in [6.45, 7) is 1.82. The van der Waals surface area contributed by atoms with E-state index in [-0.39, 0.29) is 5.91 Å². The number of ether oxygens (including phenoxy) is 1. The van der Waals surface area contributed by atoms with Gasteiger partial charge in [-0.2, -0.15) is 0 Å². The minimum absolute atomic E-state index is 0.174. The van der Waals surface area contributed by atoms with Crippen LogP contribution in [0.4, 0.5) is 5.13 Å². The highest BCUT2D eigenvalue weighted by atomic mass is 32.2. The zero-order valence-electron chi connectivity index (χ0n) is 18.3. The fraction of sp³-hybridized carbons (Fsp3) is 0.125. The molecule has 0 spiro atoms. The molecule has 0 bridgehead atoms. The Hall–Kier alpha value is -3.76. The number of hydrogen-bond acceptors (Lipinski definition) is 8. The maximum atomic E-state index is 12.8. The number of rotatable bonds is 8. The highest BCUT2D eigenvalue weighted by Gasteiger charge is 2.22. The number of benzene rings is 1. The molecule has 1 unspecified atom stereocenters. The summed E-state index contributed by atoms with van der Waals surface area (Å²) < 4.78 is 16.3. The van der Waals surface area contributed by atoms with E-state index in [2.05, 4.69) is 20.3 Å². The molecule has 1 aromatic carbocycles. The number of thiazole rings is 1. The van der Waals surface area contributed by atoms with Gasteiger partial charge in [0.05, 0.1) is 30.6 Å². The summed E-state index contributed by atoms with van der Waals surface area (Å²) in [5.74, 6) is 1.82. The number of carbonyl (C=O) groups excluding carboxylic acids is 1. The van der Waals surface area contributed by atoms with Crippen molar-refractivity contribution in [3.05, 3.63) is 66.4 Å². The number of anilines is 1. The van der Waals surface area contributed by atoms with Crippen molar-refractivity contribution in [2.24, 2.45) is 0 Å². The van der Waals surface area contributed by atoms with E-state index in [1.165, 1.54) is 23.1 Å². The quantitative estimate of drug-likeness (QED) is 0.249. The molecule has 10 heteroatoms. The van der Waals surface area contributed by atoms with E-state index in [4.69, 9.17) is 13.6 Å². The average molecular weight is 493 g/mol. The van der Waals surface area contributed by atoms with Crippen LogP contribution in [0, 0.1) is 0 Å². The van der Waals surface area contributed by atoms with Gasteiger partial charge in [-0.05, 0) is 43.3 Å². The van der Waals surface area contributed by atoms with Crippen LogP contribution in [0.15, 0.2) is 80.4 Å². The molecule has 8 nitrogen and oxygen atoms in total. The van der Waals surface area contributed by atoms with Gasteiger partial charge < -0.3 is 23.9 Å². The summed E-state index contributed by atoms with van der Waals surface area (Å²) in [7, 11) is 1.62. The van der Waals surface area contributed by atoms with Gasteiger partial charge in [-0.15, -0.1) is 11.3 Å². The van der Waals surface area contributed by atoms with Crippen molar-refractivity contribution in [3.63, 3.8) is 0 Å². The molecule has 34 heavy (non-hydrogen) atoms. The van der Waals surface area contributed by atoms with Crippen molar-refractivity contribution >= 4 is 34.1 Å². The molecular formula is C24H20N4O4S2. The Balaban J connectivity index is 1.30. The Morgan fingerprint density at radius 2 is 1.91 bits per heavy atom. The fourth-order valence-electron chi connectivity index (χ4n) is 3.27. The van der Waals surface area contributed by atoms with Gasteiger partial charge in [-0.3, -0.25) is 4.79 Å². The lowest BCUT2D eigenvalue weighted by molar-refractivity contribution is -0.115. The zero-order chi connectivity index (χ0) is 23.5. The summed E-state index contributed by atoms with van der Waals surface area (Å²) in [6.07, 6.45) is 3.19. The molecule has 2 N–H and O–H groups in total. The minimum Gasteiger partial charge on any atom is -0.497 e. The van der Waals surface area contributed by atoms with Crippen LogP contribution in [0.1, 0.15) is 6.92 Å². The Kier molecular flexibility index (Phi) is 6.24. The van der Waals surface area contributed by atoms with Crippen LogP contribution in [-0.4, -0.2) is 33.2 Å². The summed E-state index contributed by atoms with van der Waals surface area (Å²) >= 11 is 2.68. The van der Waals surface area contributed by atoms with Gasteiger partial charge in [0.15, 0.2) is 21.8 Å². The Bertz CT molecular complexity index is 1340. The maximum Gasteiger partial charge on any atom is 0.239 e. The van der Waals surface area contributed by atoms with Crippen molar-refractivity contribution in [1.82, 2.24) is 15.0 Å². The second kappa shape index (κ2) is 9.62. The van der Waals surface area contributed by atoms with Gasteiger partial charge >= 0.3 is 0 Å². The second-order valence-corrected chi connectivity index (χ2v) is 9.43. The van der Waals surface area contributed by atoms with E-state index < -0.39 is 5.25 Å². The van der Waals surface area contributed by atoms with E-state index in [0.717, 1.165) is 17.0 Å². The third-order valence-corrected chi connectivity index (χ3v) is 6.70. The first-order chi connectivity index (χ1) is 16.6. The van der Waals surface area contributed by atoms with Crippen LogP contribution in [0.3, 0.4) is 0 Å². The molecule has 0 aliphatic carbocycles. The van der Waals surface area contributed by atoms with Crippen LogP contribution in [0.25, 0.3) is 34.2 Å². The number of aromatic amines is 1. The molecule has 0 aliphatic rings. The molecule has 0 fully saturated rings. The molecule has 172 valence electrons. The third kappa shape index (κ3) is 4.63. The molecule has 0 radical (unpaired) electrons. The van der Waals surface area contributed by atoms with Crippen LogP contribution in [0.5, 0.6) is 5.75 Å². The topological polar surface area (TPSA) is 106 Å². The maximum absolute atomic E-state index is 12.8. The van der Waals surface area contributed by atoms with Crippen LogP contribution in [0.2, 0.25) is 0 Å². The van der Waals surface area contributed by atoms with Crippen LogP contribution >= 0.6 is 23.1 Å². The predicted molar refractivity (Wildman–Crippen MR) is 132 cm³/mol. The number of aromatic nitrogens is 3. The van der Waals surface area contributed by atoms with Crippen LogP contribution in [-0.2, 0) is 4.79 Å². The molecule has 4 heterocycles.